The van der Waals surface area contributed by atoms with Crippen LogP contribution in [0.4, 0.5) is 0 Å². The van der Waals surface area contributed by atoms with Gasteiger partial charge in [-0.1, -0.05) is 13.8 Å². The molecule has 5 heteroatoms. The number of nitrogens with one attached hydrogen (secondary N) is 1. The highest BCUT2D eigenvalue weighted by atomic mass is 16.5. The fourth-order valence-corrected chi connectivity index (χ4v) is 3.47. The topological polar surface area (TPSA) is 52.0 Å². The summed E-state index contributed by atoms with van der Waals surface area (Å²) in [6.07, 6.45) is 5.42. The maximum Gasteiger partial charge on any atom is 0.157 e. The number of nitrogens with zero attached hydrogens (tertiary/aromatic N) is 3. The van der Waals surface area contributed by atoms with Crippen molar-refractivity contribution in [3.63, 3.8) is 0 Å². The van der Waals surface area contributed by atoms with E-state index < -0.39 is 0 Å². The van der Waals surface area contributed by atoms with Gasteiger partial charge in [0, 0.05) is 37.3 Å². The zero-order chi connectivity index (χ0) is 16.4. The molecule has 0 aromatic carbocycles. The molecular formula is C18H28N4O. The van der Waals surface area contributed by atoms with Gasteiger partial charge in [0.05, 0.1) is 12.3 Å². The molecule has 0 unspecified atom stereocenters. The summed E-state index contributed by atoms with van der Waals surface area (Å²) in [6, 6.07) is 2.52. The lowest BCUT2D eigenvalue weighted by atomic mass is 9.93. The lowest BCUT2D eigenvalue weighted by Gasteiger charge is -2.22. The molecule has 2 atom stereocenters. The van der Waals surface area contributed by atoms with Gasteiger partial charge < -0.3 is 10.1 Å². The number of rotatable bonds is 6. The van der Waals surface area contributed by atoms with E-state index in [1.54, 1.807) is 0 Å². The summed E-state index contributed by atoms with van der Waals surface area (Å²) < 4.78 is 7.82. The number of fused-ring (bicyclic) bond motifs is 1. The lowest BCUT2D eigenvalue weighted by molar-refractivity contribution is 0.0539. The average Bonchev–Trinajstić information content (AvgIpc) is 3.13. The molecule has 1 aliphatic heterocycles. The summed E-state index contributed by atoms with van der Waals surface area (Å²) >= 11 is 0. The number of aromatic nitrogens is 3. The molecule has 2 aromatic heterocycles. The van der Waals surface area contributed by atoms with Gasteiger partial charge in [0.15, 0.2) is 5.65 Å². The third-order valence-corrected chi connectivity index (χ3v) is 4.64. The second-order valence-electron chi connectivity index (χ2n) is 7.20. The first-order valence-corrected chi connectivity index (χ1v) is 8.70. The molecule has 0 bridgehead atoms. The van der Waals surface area contributed by atoms with Crippen LogP contribution in [0.2, 0.25) is 0 Å². The molecule has 3 rings (SSSR count). The Bertz CT molecular complexity index is 650. The van der Waals surface area contributed by atoms with E-state index in [0.29, 0.717) is 24.0 Å². The van der Waals surface area contributed by atoms with Gasteiger partial charge in [0.2, 0.25) is 0 Å². The predicted octanol–water partition coefficient (Wildman–Crippen LogP) is 3.16. The maximum atomic E-state index is 5.85. The molecule has 0 aliphatic carbocycles. The number of hydrogen-bond donors (Lipinski definition) is 1. The van der Waals surface area contributed by atoms with Crippen LogP contribution in [0.1, 0.15) is 45.7 Å². The highest BCUT2D eigenvalue weighted by molar-refractivity contribution is 5.75. The smallest absolute Gasteiger partial charge is 0.157 e. The lowest BCUT2D eigenvalue weighted by Crippen LogP contribution is -2.31. The summed E-state index contributed by atoms with van der Waals surface area (Å²) in [5, 5.41) is 9.11. The summed E-state index contributed by atoms with van der Waals surface area (Å²) in [5.74, 6) is 1.21. The van der Waals surface area contributed by atoms with Crippen LogP contribution in [0.3, 0.4) is 0 Å². The van der Waals surface area contributed by atoms with Crippen molar-refractivity contribution in [2.45, 2.75) is 52.8 Å². The van der Waals surface area contributed by atoms with E-state index in [2.05, 4.69) is 49.2 Å². The Morgan fingerprint density at radius 1 is 1.30 bits per heavy atom. The van der Waals surface area contributed by atoms with Gasteiger partial charge in [0.25, 0.3) is 0 Å². The molecule has 0 amide bonds. The Balaban J connectivity index is 1.59. The first-order chi connectivity index (χ1) is 11.1. The van der Waals surface area contributed by atoms with Crippen molar-refractivity contribution in [1.82, 2.24) is 20.1 Å². The molecule has 5 nitrogen and oxygen atoms in total. The minimum Gasteiger partial charge on any atom is -0.378 e. The zero-order valence-electron chi connectivity index (χ0n) is 14.6. The quantitative estimate of drug-likeness (QED) is 0.889. The Morgan fingerprint density at radius 3 is 2.87 bits per heavy atom. The molecule has 0 saturated carbocycles. The third kappa shape index (κ3) is 3.56. The number of ether oxygens (including phenoxy) is 1. The van der Waals surface area contributed by atoms with Gasteiger partial charge in [-0.05, 0) is 43.7 Å². The van der Waals surface area contributed by atoms with Crippen LogP contribution in [-0.4, -0.2) is 34.0 Å². The van der Waals surface area contributed by atoms with Crippen molar-refractivity contribution in [1.29, 1.82) is 0 Å². The zero-order valence-corrected chi connectivity index (χ0v) is 14.6. The van der Waals surface area contributed by atoms with Gasteiger partial charge in [-0.2, -0.15) is 5.10 Å². The monoisotopic (exact) mass is 316 g/mol. The van der Waals surface area contributed by atoms with E-state index >= 15 is 0 Å². The summed E-state index contributed by atoms with van der Waals surface area (Å²) in [7, 11) is 0. The van der Waals surface area contributed by atoms with Crippen LogP contribution in [0.25, 0.3) is 11.0 Å². The van der Waals surface area contributed by atoms with E-state index in [1.807, 2.05) is 17.1 Å². The van der Waals surface area contributed by atoms with Crippen LogP contribution in [0.5, 0.6) is 0 Å². The van der Waals surface area contributed by atoms with Gasteiger partial charge >= 0.3 is 0 Å². The van der Waals surface area contributed by atoms with Crippen LogP contribution in [0, 0.1) is 11.8 Å². The highest BCUT2D eigenvalue weighted by Gasteiger charge is 2.30. The highest BCUT2D eigenvalue weighted by Crippen LogP contribution is 2.26. The van der Waals surface area contributed by atoms with Crippen molar-refractivity contribution in [3.05, 3.63) is 24.0 Å². The number of pyridine rings is 1. The molecular weight excluding hydrogens is 288 g/mol. The van der Waals surface area contributed by atoms with Crippen molar-refractivity contribution >= 4 is 11.0 Å². The van der Waals surface area contributed by atoms with Crippen LogP contribution in [0.15, 0.2) is 18.5 Å². The van der Waals surface area contributed by atoms with E-state index in [4.69, 9.17) is 4.74 Å². The SMILES string of the molecule is CC(C)[C@H]1OCC[C@@H]1CNCc1cnc2c(cnn2C(C)C)c1. The Morgan fingerprint density at radius 2 is 2.13 bits per heavy atom. The predicted molar refractivity (Wildman–Crippen MR) is 92.3 cm³/mol. The second kappa shape index (κ2) is 6.97. The molecule has 1 aliphatic rings. The molecule has 3 heterocycles. The van der Waals surface area contributed by atoms with E-state index in [-0.39, 0.29) is 0 Å². The van der Waals surface area contributed by atoms with Crippen molar-refractivity contribution in [3.8, 4) is 0 Å². The third-order valence-electron chi connectivity index (χ3n) is 4.64. The van der Waals surface area contributed by atoms with E-state index in [9.17, 15) is 0 Å². The van der Waals surface area contributed by atoms with Gasteiger partial charge in [-0.3, -0.25) is 0 Å². The second-order valence-corrected chi connectivity index (χ2v) is 7.20. The van der Waals surface area contributed by atoms with Crippen molar-refractivity contribution in [2.75, 3.05) is 13.2 Å². The Hall–Kier alpha value is -1.46. The molecule has 1 saturated heterocycles. The molecule has 0 radical (unpaired) electrons. The Kier molecular flexibility index (Phi) is 4.97. The maximum absolute atomic E-state index is 5.85. The molecule has 0 spiro atoms. The van der Waals surface area contributed by atoms with Crippen LogP contribution in [-0.2, 0) is 11.3 Å². The fraction of sp³-hybridized carbons (Fsp3) is 0.667. The Labute approximate surface area is 138 Å². The van der Waals surface area contributed by atoms with Crippen LogP contribution < -0.4 is 5.32 Å². The molecule has 23 heavy (non-hydrogen) atoms. The standard InChI is InChI=1S/C18H28N4O/c1-12(2)17-15(5-6-23-17)10-19-8-14-7-16-11-21-22(13(3)4)18(16)20-9-14/h7,9,11-13,15,17,19H,5-6,8,10H2,1-4H3/t15-,17-/m1/s1. The van der Waals surface area contributed by atoms with Gasteiger partial charge in [-0.25, -0.2) is 9.67 Å². The van der Waals surface area contributed by atoms with Crippen molar-refractivity contribution in [2.24, 2.45) is 11.8 Å². The molecule has 2 aromatic rings. The first kappa shape index (κ1) is 16.4. The minimum atomic E-state index is 0.333. The molecule has 126 valence electrons. The summed E-state index contributed by atoms with van der Waals surface area (Å²) in [5.41, 5.74) is 2.17. The molecule has 1 N–H and O–H groups in total. The van der Waals surface area contributed by atoms with E-state index in [1.165, 1.54) is 5.56 Å². The molecule has 1 fully saturated rings. The largest absolute Gasteiger partial charge is 0.378 e. The average molecular weight is 316 g/mol. The summed E-state index contributed by atoms with van der Waals surface area (Å²) in [6.45, 7) is 11.5. The first-order valence-electron chi connectivity index (χ1n) is 8.70. The summed E-state index contributed by atoms with van der Waals surface area (Å²) in [4.78, 5) is 4.59. The van der Waals surface area contributed by atoms with Gasteiger partial charge in [-0.15, -0.1) is 0 Å². The minimum absolute atomic E-state index is 0.333. The number of hydrogen-bond acceptors (Lipinski definition) is 4. The van der Waals surface area contributed by atoms with E-state index in [0.717, 1.165) is 37.2 Å². The van der Waals surface area contributed by atoms with Crippen molar-refractivity contribution < 1.29 is 4.74 Å². The van der Waals surface area contributed by atoms with Crippen LogP contribution >= 0.6 is 0 Å². The normalized spacial score (nSPS) is 21.8. The van der Waals surface area contributed by atoms with Gasteiger partial charge in [0.1, 0.15) is 0 Å². The fourth-order valence-electron chi connectivity index (χ4n) is 3.47.